The first-order valence-electron chi connectivity index (χ1n) is 9.10. The molecular formula is C20H30N2O3. The third kappa shape index (κ3) is 4.74. The van der Waals surface area contributed by atoms with Gasteiger partial charge in [-0.25, -0.2) is 4.79 Å². The number of carbonyl (C=O) groups excluding carboxylic acids is 1. The maximum Gasteiger partial charge on any atom is 0.408 e. The van der Waals surface area contributed by atoms with E-state index in [0.717, 1.165) is 43.4 Å². The molecule has 2 N–H and O–H groups in total. The topological polar surface area (TPSA) is 69.6 Å². The smallest absolute Gasteiger partial charge is 0.408 e. The van der Waals surface area contributed by atoms with Crippen molar-refractivity contribution in [3.05, 3.63) is 29.8 Å². The number of benzene rings is 1. The third-order valence-electron chi connectivity index (χ3n) is 4.97. The number of nitrogens with one attached hydrogen (secondary N) is 1. The molecule has 138 valence electrons. The molecule has 0 heterocycles. The molecule has 2 rings (SSSR count). The molecule has 1 unspecified atom stereocenters. The highest BCUT2D eigenvalue weighted by Gasteiger charge is 2.42. The molecule has 0 aromatic heterocycles. The van der Waals surface area contributed by atoms with E-state index in [-0.39, 0.29) is 11.8 Å². The van der Waals surface area contributed by atoms with E-state index in [1.807, 2.05) is 52.0 Å². The Morgan fingerprint density at radius 2 is 1.76 bits per heavy atom. The van der Waals surface area contributed by atoms with Gasteiger partial charge in [0.2, 0.25) is 5.91 Å². The van der Waals surface area contributed by atoms with Crippen LogP contribution in [0.25, 0.3) is 0 Å². The number of hydrogen-bond acceptors (Lipinski definition) is 2. The van der Waals surface area contributed by atoms with Crippen molar-refractivity contribution in [2.24, 2.45) is 5.92 Å². The number of amides is 2. The lowest BCUT2D eigenvalue weighted by Gasteiger charge is -2.43. The van der Waals surface area contributed by atoms with Gasteiger partial charge in [-0.15, -0.1) is 0 Å². The molecule has 0 bridgehead atoms. The maximum atomic E-state index is 13.1. The van der Waals surface area contributed by atoms with Crippen LogP contribution in [0, 0.1) is 12.8 Å². The summed E-state index contributed by atoms with van der Waals surface area (Å²) in [6.45, 7) is 7.47. The van der Waals surface area contributed by atoms with Crippen molar-refractivity contribution in [1.82, 2.24) is 4.90 Å². The zero-order valence-electron chi connectivity index (χ0n) is 15.7. The van der Waals surface area contributed by atoms with Crippen LogP contribution >= 0.6 is 0 Å². The second-order valence-corrected chi connectivity index (χ2v) is 7.97. The third-order valence-corrected chi connectivity index (χ3v) is 4.97. The average molecular weight is 346 g/mol. The molecule has 0 aliphatic heterocycles. The van der Waals surface area contributed by atoms with E-state index in [0.29, 0.717) is 0 Å². The van der Waals surface area contributed by atoms with Crippen molar-refractivity contribution >= 4 is 17.7 Å². The quantitative estimate of drug-likeness (QED) is 0.833. The van der Waals surface area contributed by atoms with E-state index in [1.165, 1.54) is 4.90 Å². The molecule has 5 nitrogen and oxygen atoms in total. The summed E-state index contributed by atoms with van der Waals surface area (Å²) in [4.78, 5) is 26.5. The first kappa shape index (κ1) is 19.3. The Morgan fingerprint density at radius 1 is 1.16 bits per heavy atom. The minimum absolute atomic E-state index is 0.0630. The summed E-state index contributed by atoms with van der Waals surface area (Å²) in [6.07, 6.45) is 4.01. The van der Waals surface area contributed by atoms with Crippen LogP contribution in [0.15, 0.2) is 24.3 Å². The summed E-state index contributed by atoms with van der Waals surface area (Å²) >= 11 is 0. The molecule has 1 aromatic rings. The fourth-order valence-electron chi connectivity index (χ4n) is 3.74. The number of carboxylic acid groups (broad SMARTS) is 1. The van der Waals surface area contributed by atoms with Crippen LogP contribution in [0.2, 0.25) is 0 Å². The highest BCUT2D eigenvalue weighted by molar-refractivity contribution is 5.97. The van der Waals surface area contributed by atoms with Crippen LogP contribution in [-0.4, -0.2) is 33.6 Å². The van der Waals surface area contributed by atoms with Crippen LogP contribution in [0.4, 0.5) is 10.5 Å². The van der Waals surface area contributed by atoms with Gasteiger partial charge in [-0.2, -0.15) is 0 Å². The lowest BCUT2D eigenvalue weighted by Crippen LogP contribution is -2.58. The fourth-order valence-corrected chi connectivity index (χ4v) is 3.74. The predicted octanol–water partition coefficient (Wildman–Crippen LogP) is 4.66. The van der Waals surface area contributed by atoms with Crippen LogP contribution in [-0.2, 0) is 4.79 Å². The molecular weight excluding hydrogens is 316 g/mol. The molecule has 2 amide bonds. The van der Waals surface area contributed by atoms with Gasteiger partial charge in [0, 0.05) is 11.2 Å². The molecule has 1 aliphatic rings. The van der Waals surface area contributed by atoms with E-state index >= 15 is 0 Å². The van der Waals surface area contributed by atoms with E-state index in [9.17, 15) is 14.7 Å². The molecule has 0 saturated heterocycles. The minimum atomic E-state index is -1.04. The monoisotopic (exact) mass is 346 g/mol. The van der Waals surface area contributed by atoms with Gasteiger partial charge >= 0.3 is 6.09 Å². The second-order valence-electron chi connectivity index (χ2n) is 7.97. The van der Waals surface area contributed by atoms with E-state index in [1.54, 1.807) is 0 Å². The molecule has 1 aliphatic carbocycles. The zero-order valence-corrected chi connectivity index (χ0v) is 15.7. The van der Waals surface area contributed by atoms with Gasteiger partial charge in [-0.05, 0) is 58.1 Å². The summed E-state index contributed by atoms with van der Waals surface area (Å²) in [5, 5.41) is 12.8. The molecule has 5 heteroatoms. The number of carbonyl (C=O) groups is 2. The van der Waals surface area contributed by atoms with E-state index < -0.39 is 17.7 Å². The summed E-state index contributed by atoms with van der Waals surface area (Å²) in [5.41, 5.74) is 1.07. The first-order valence-corrected chi connectivity index (χ1v) is 9.10. The van der Waals surface area contributed by atoms with E-state index in [2.05, 4.69) is 5.32 Å². The first-order chi connectivity index (χ1) is 11.7. The van der Waals surface area contributed by atoms with Gasteiger partial charge in [-0.1, -0.05) is 37.5 Å². The Hall–Kier alpha value is -2.04. The summed E-state index contributed by atoms with van der Waals surface area (Å²) < 4.78 is 0. The van der Waals surface area contributed by atoms with E-state index in [4.69, 9.17) is 0 Å². The SMILES string of the molecule is Cc1ccccc1NC(=O)C(C1CCCCC1)N(C(=O)O)C(C)(C)C. The van der Waals surface area contributed by atoms with Crippen molar-refractivity contribution in [2.75, 3.05) is 5.32 Å². The summed E-state index contributed by atoms with van der Waals surface area (Å²) in [7, 11) is 0. The minimum Gasteiger partial charge on any atom is -0.465 e. The van der Waals surface area contributed by atoms with Crippen molar-refractivity contribution in [3.63, 3.8) is 0 Å². The number of hydrogen-bond donors (Lipinski definition) is 2. The Labute approximate surface area is 150 Å². The van der Waals surface area contributed by atoms with Gasteiger partial charge in [0.15, 0.2) is 0 Å². The average Bonchev–Trinajstić information content (AvgIpc) is 2.53. The largest absolute Gasteiger partial charge is 0.465 e. The Kier molecular flexibility index (Phi) is 6.09. The molecule has 1 fully saturated rings. The van der Waals surface area contributed by atoms with Crippen LogP contribution < -0.4 is 5.32 Å². The number of aryl methyl sites for hydroxylation is 1. The maximum absolute atomic E-state index is 13.1. The molecule has 1 saturated carbocycles. The number of nitrogens with zero attached hydrogens (tertiary/aromatic N) is 1. The lowest BCUT2D eigenvalue weighted by atomic mass is 9.81. The van der Waals surface area contributed by atoms with Crippen molar-refractivity contribution in [2.45, 2.75) is 71.4 Å². The Bertz CT molecular complexity index is 616. The molecule has 25 heavy (non-hydrogen) atoms. The van der Waals surface area contributed by atoms with Gasteiger partial charge in [0.25, 0.3) is 0 Å². The summed E-state index contributed by atoms with van der Waals surface area (Å²) in [6, 6.07) is 6.91. The Morgan fingerprint density at radius 3 is 2.28 bits per heavy atom. The van der Waals surface area contributed by atoms with Crippen molar-refractivity contribution in [1.29, 1.82) is 0 Å². The lowest BCUT2D eigenvalue weighted by molar-refractivity contribution is -0.125. The van der Waals surface area contributed by atoms with Gasteiger partial charge in [0.1, 0.15) is 6.04 Å². The van der Waals surface area contributed by atoms with Crippen LogP contribution in [0.5, 0.6) is 0 Å². The Balaban J connectivity index is 2.34. The highest BCUT2D eigenvalue weighted by atomic mass is 16.4. The fraction of sp³-hybridized carbons (Fsp3) is 0.600. The van der Waals surface area contributed by atoms with Crippen LogP contribution in [0.3, 0.4) is 0 Å². The highest BCUT2D eigenvalue weighted by Crippen LogP contribution is 2.33. The van der Waals surface area contributed by atoms with Crippen LogP contribution in [0.1, 0.15) is 58.4 Å². The molecule has 1 atom stereocenters. The number of rotatable bonds is 4. The molecule has 0 spiro atoms. The molecule has 0 radical (unpaired) electrons. The standard InChI is InChI=1S/C20H30N2O3/c1-14-10-8-9-13-16(14)21-18(23)17(15-11-6-5-7-12-15)22(19(24)25)20(2,3)4/h8-10,13,15,17H,5-7,11-12H2,1-4H3,(H,21,23)(H,24,25). The van der Waals surface area contributed by atoms with Crippen molar-refractivity contribution in [3.8, 4) is 0 Å². The van der Waals surface area contributed by atoms with Gasteiger partial charge in [0.05, 0.1) is 0 Å². The second kappa shape index (κ2) is 7.89. The normalized spacial score (nSPS) is 17.0. The van der Waals surface area contributed by atoms with Gasteiger partial charge < -0.3 is 10.4 Å². The number of para-hydroxylation sites is 1. The summed E-state index contributed by atoms with van der Waals surface area (Å²) in [5.74, 6) is -0.161. The zero-order chi connectivity index (χ0) is 18.6. The van der Waals surface area contributed by atoms with Crippen molar-refractivity contribution < 1.29 is 14.7 Å². The van der Waals surface area contributed by atoms with Gasteiger partial charge in [-0.3, -0.25) is 9.69 Å². The predicted molar refractivity (Wildman–Crippen MR) is 99.8 cm³/mol. The molecule has 1 aromatic carbocycles. The number of anilines is 1.